The first-order chi connectivity index (χ1) is 8.47. The second-order valence-electron chi connectivity index (χ2n) is 7.03. The van der Waals surface area contributed by atoms with E-state index < -0.39 is 7.79 Å². The molecule has 3 nitrogen and oxygen atoms in total. The van der Waals surface area contributed by atoms with Gasteiger partial charge in [0.25, 0.3) is 0 Å². The van der Waals surface area contributed by atoms with Crippen molar-refractivity contribution in [2.45, 2.75) is 99.1 Å². The second kappa shape index (κ2) is 7.36. The summed E-state index contributed by atoms with van der Waals surface area (Å²) in [6.45, 7) is 21.9. The molecule has 0 saturated carbocycles. The summed E-state index contributed by atoms with van der Waals surface area (Å²) in [5.41, 5.74) is 0.280. The van der Waals surface area contributed by atoms with Gasteiger partial charge in [0.2, 0.25) is 0 Å². The van der Waals surface area contributed by atoms with Gasteiger partial charge in [0.05, 0.1) is 0 Å². The first kappa shape index (κ1) is 19.3. The zero-order valence-corrected chi connectivity index (χ0v) is 15.7. The van der Waals surface area contributed by atoms with Crippen LogP contribution in [0, 0.1) is 0 Å². The molecule has 0 atom stereocenters. The molecule has 0 aromatic carbocycles. The number of nitrogens with zero attached hydrogens (tertiary/aromatic N) is 2. The summed E-state index contributed by atoms with van der Waals surface area (Å²) in [6, 6.07) is 1.44. The van der Waals surface area contributed by atoms with E-state index in [2.05, 4.69) is 78.6 Å². The van der Waals surface area contributed by atoms with Gasteiger partial charge in [-0.2, -0.15) is 0 Å². The van der Waals surface area contributed by atoms with E-state index in [9.17, 15) is 4.89 Å². The van der Waals surface area contributed by atoms with Crippen LogP contribution in [0.5, 0.6) is 0 Å². The SMILES string of the molecule is CC(C)N(C(C)C)[PH](O)(C(C)C)N(C(C)C)C(C)C. The molecule has 0 aliphatic carbocycles. The van der Waals surface area contributed by atoms with Crippen LogP contribution < -0.4 is 0 Å². The van der Waals surface area contributed by atoms with Gasteiger partial charge in [0.15, 0.2) is 0 Å². The Morgan fingerprint density at radius 3 is 0.895 bits per heavy atom. The molecule has 0 aromatic heterocycles. The molecule has 0 aromatic rings. The third kappa shape index (κ3) is 4.14. The standard InChI is InChI=1S/C15H37N2OP/c1-11(2)16(12(3)4)19(18,15(9)10)17(13(5)6)14(7)8/h11-15,18-19H,1-10H3. The van der Waals surface area contributed by atoms with Crippen LogP contribution in [0.1, 0.15) is 69.2 Å². The molecule has 0 spiro atoms. The van der Waals surface area contributed by atoms with E-state index in [0.717, 1.165) is 0 Å². The Kier molecular flexibility index (Phi) is 7.48. The van der Waals surface area contributed by atoms with Crippen molar-refractivity contribution in [1.82, 2.24) is 9.34 Å². The molecule has 0 rings (SSSR count). The van der Waals surface area contributed by atoms with E-state index in [1.165, 1.54) is 0 Å². The maximum atomic E-state index is 11.7. The Labute approximate surface area is 121 Å². The molecule has 1 N–H and O–H groups in total. The van der Waals surface area contributed by atoms with Crippen LogP contribution in [-0.4, -0.2) is 44.1 Å². The summed E-state index contributed by atoms with van der Waals surface area (Å²) < 4.78 is 4.75. The van der Waals surface area contributed by atoms with Crippen LogP contribution in [0.2, 0.25) is 0 Å². The molecule has 118 valence electrons. The fraction of sp³-hybridized carbons (Fsp3) is 1.00. The molecule has 0 unspecified atom stereocenters. The maximum absolute atomic E-state index is 11.7. The molecular weight excluding hydrogens is 255 g/mol. The van der Waals surface area contributed by atoms with Gasteiger partial charge in [-0.05, 0) is 0 Å². The summed E-state index contributed by atoms with van der Waals surface area (Å²) >= 11 is 0. The number of hydrogen-bond acceptors (Lipinski definition) is 3. The Morgan fingerprint density at radius 1 is 0.579 bits per heavy atom. The summed E-state index contributed by atoms with van der Waals surface area (Å²) in [5.74, 6) is 0. The predicted molar refractivity (Wildman–Crippen MR) is 89.9 cm³/mol. The zero-order valence-electron chi connectivity index (χ0n) is 14.7. The van der Waals surface area contributed by atoms with Gasteiger partial charge in [0.1, 0.15) is 0 Å². The first-order valence-electron chi connectivity index (χ1n) is 7.77. The quantitative estimate of drug-likeness (QED) is 0.715. The fourth-order valence-corrected chi connectivity index (χ4v) is 7.94. The van der Waals surface area contributed by atoms with Crippen LogP contribution in [-0.2, 0) is 0 Å². The second-order valence-corrected chi connectivity index (χ2v) is 10.6. The van der Waals surface area contributed by atoms with Crippen LogP contribution in [0.15, 0.2) is 0 Å². The van der Waals surface area contributed by atoms with Gasteiger partial charge in [-0.25, -0.2) is 0 Å². The Bertz CT molecular complexity index is 229. The fourth-order valence-electron chi connectivity index (χ4n) is 3.44. The molecule has 4 heteroatoms. The van der Waals surface area contributed by atoms with Crippen molar-refractivity contribution < 1.29 is 4.89 Å². The van der Waals surface area contributed by atoms with Crippen LogP contribution in [0.25, 0.3) is 0 Å². The molecular formula is C15H37N2OP. The molecule has 0 aliphatic heterocycles. The summed E-state index contributed by atoms with van der Waals surface area (Å²) in [5, 5.41) is 0. The molecule has 0 aliphatic rings. The zero-order chi connectivity index (χ0) is 15.5. The molecule has 0 saturated heterocycles. The van der Waals surface area contributed by atoms with Crippen molar-refractivity contribution in [3.8, 4) is 0 Å². The van der Waals surface area contributed by atoms with Crippen molar-refractivity contribution in [3.05, 3.63) is 0 Å². The molecule has 0 heterocycles. The average Bonchev–Trinajstić information content (AvgIpc) is 2.13. The van der Waals surface area contributed by atoms with Gasteiger partial charge in [0, 0.05) is 0 Å². The van der Waals surface area contributed by atoms with Crippen LogP contribution in [0.3, 0.4) is 0 Å². The van der Waals surface area contributed by atoms with Crippen molar-refractivity contribution in [1.29, 1.82) is 0 Å². The van der Waals surface area contributed by atoms with Crippen LogP contribution >= 0.6 is 7.79 Å². The Balaban J connectivity index is 5.80. The van der Waals surface area contributed by atoms with E-state index in [1.807, 2.05) is 0 Å². The van der Waals surface area contributed by atoms with Crippen LogP contribution in [0.4, 0.5) is 0 Å². The van der Waals surface area contributed by atoms with Crippen molar-refractivity contribution in [2.75, 3.05) is 0 Å². The minimum atomic E-state index is -2.67. The van der Waals surface area contributed by atoms with E-state index in [1.54, 1.807) is 0 Å². The van der Waals surface area contributed by atoms with Gasteiger partial charge in [-0.3, -0.25) is 0 Å². The van der Waals surface area contributed by atoms with E-state index in [-0.39, 0.29) is 5.66 Å². The first-order valence-corrected chi connectivity index (χ1v) is 9.68. The van der Waals surface area contributed by atoms with Crippen molar-refractivity contribution >= 4 is 7.79 Å². The van der Waals surface area contributed by atoms with Gasteiger partial charge >= 0.3 is 121 Å². The Morgan fingerprint density at radius 2 is 0.789 bits per heavy atom. The molecule has 0 fully saturated rings. The average molecular weight is 292 g/mol. The van der Waals surface area contributed by atoms with Gasteiger partial charge in [-0.15, -0.1) is 0 Å². The summed E-state index contributed by atoms with van der Waals surface area (Å²) in [4.78, 5) is 11.7. The number of hydrogen-bond donors (Lipinski definition) is 1. The normalized spacial score (nSPS) is 15.1. The summed E-state index contributed by atoms with van der Waals surface area (Å²) in [6.07, 6.45) is 0. The third-order valence-corrected chi connectivity index (χ3v) is 8.89. The third-order valence-electron chi connectivity index (χ3n) is 3.76. The Hall–Kier alpha value is 0.310. The van der Waals surface area contributed by atoms with Gasteiger partial charge < -0.3 is 0 Å². The summed E-state index contributed by atoms with van der Waals surface area (Å²) in [7, 11) is -2.67. The van der Waals surface area contributed by atoms with E-state index in [0.29, 0.717) is 24.2 Å². The van der Waals surface area contributed by atoms with Crippen molar-refractivity contribution in [3.63, 3.8) is 0 Å². The van der Waals surface area contributed by atoms with E-state index in [4.69, 9.17) is 0 Å². The molecule has 0 amide bonds. The molecule has 19 heavy (non-hydrogen) atoms. The van der Waals surface area contributed by atoms with Crippen molar-refractivity contribution in [2.24, 2.45) is 0 Å². The molecule has 0 radical (unpaired) electrons. The predicted octanol–water partition coefficient (Wildman–Crippen LogP) is 4.12. The van der Waals surface area contributed by atoms with E-state index >= 15 is 0 Å². The topological polar surface area (TPSA) is 26.7 Å². The monoisotopic (exact) mass is 292 g/mol. The molecule has 0 bridgehead atoms. The number of rotatable bonds is 7. The van der Waals surface area contributed by atoms with Gasteiger partial charge in [-0.1, -0.05) is 0 Å². The minimum absolute atomic E-state index is 0.280.